The van der Waals surface area contributed by atoms with Crippen LogP contribution in [0.5, 0.6) is 0 Å². The van der Waals surface area contributed by atoms with E-state index in [4.69, 9.17) is 0 Å². The van der Waals surface area contributed by atoms with Crippen molar-refractivity contribution in [3.05, 3.63) is 18.1 Å². The van der Waals surface area contributed by atoms with E-state index in [-0.39, 0.29) is 11.6 Å². The predicted octanol–water partition coefficient (Wildman–Crippen LogP) is 0.153. The molecule has 0 aliphatic carbocycles. The molecule has 1 rings (SSSR count). The third kappa shape index (κ3) is 4.00. The van der Waals surface area contributed by atoms with Gasteiger partial charge in [0.25, 0.3) is 0 Å². The quantitative estimate of drug-likeness (QED) is 0.751. The summed E-state index contributed by atoms with van der Waals surface area (Å²) < 4.78 is 4.50. The zero-order valence-electron chi connectivity index (χ0n) is 10.6. The van der Waals surface area contributed by atoms with E-state index in [9.17, 15) is 9.59 Å². The molecule has 0 saturated carbocycles. The fourth-order valence-corrected chi connectivity index (χ4v) is 1.15. The van der Waals surface area contributed by atoms with Gasteiger partial charge < -0.3 is 15.0 Å². The standard InChI is InChI=1S/C11H16N4O3/c1-15(2)10(16)4-5-12-9-7-13-8(6-14-9)11(17)18-3/h6-7H,4-5H2,1-3H3,(H,12,14). The Morgan fingerprint density at radius 3 is 2.56 bits per heavy atom. The molecule has 18 heavy (non-hydrogen) atoms. The van der Waals surface area contributed by atoms with Crippen LogP contribution >= 0.6 is 0 Å². The number of rotatable bonds is 5. The van der Waals surface area contributed by atoms with E-state index in [1.165, 1.54) is 24.4 Å². The number of carbonyl (C=O) groups excluding carboxylic acids is 2. The predicted molar refractivity (Wildman–Crippen MR) is 65.2 cm³/mol. The zero-order chi connectivity index (χ0) is 13.5. The van der Waals surface area contributed by atoms with Crippen molar-refractivity contribution in [3.8, 4) is 0 Å². The minimum atomic E-state index is -0.531. The number of carbonyl (C=O) groups is 2. The summed E-state index contributed by atoms with van der Waals surface area (Å²) in [5.74, 6) is 0.00712. The molecule has 0 saturated heterocycles. The highest BCUT2D eigenvalue weighted by atomic mass is 16.5. The minimum Gasteiger partial charge on any atom is -0.464 e. The van der Waals surface area contributed by atoms with Gasteiger partial charge in [0.05, 0.1) is 19.5 Å². The first-order valence-corrected chi connectivity index (χ1v) is 5.39. The summed E-state index contributed by atoms with van der Waals surface area (Å²) in [6.45, 7) is 0.462. The monoisotopic (exact) mass is 252 g/mol. The molecule has 1 amide bonds. The molecule has 0 aromatic carbocycles. The molecule has 0 atom stereocenters. The maximum atomic E-state index is 11.3. The second-order valence-electron chi connectivity index (χ2n) is 3.74. The number of aromatic nitrogens is 2. The van der Waals surface area contributed by atoms with Crippen molar-refractivity contribution in [2.75, 3.05) is 33.1 Å². The topological polar surface area (TPSA) is 84.4 Å². The Morgan fingerprint density at radius 1 is 1.33 bits per heavy atom. The average Bonchev–Trinajstić information content (AvgIpc) is 2.38. The van der Waals surface area contributed by atoms with Gasteiger partial charge in [-0.15, -0.1) is 0 Å². The molecular weight excluding hydrogens is 236 g/mol. The first-order chi connectivity index (χ1) is 8.54. The Morgan fingerprint density at radius 2 is 2.06 bits per heavy atom. The lowest BCUT2D eigenvalue weighted by Crippen LogP contribution is -2.24. The van der Waals surface area contributed by atoms with Crippen LogP contribution in [0, 0.1) is 0 Å². The van der Waals surface area contributed by atoms with Crippen LogP contribution in [-0.4, -0.2) is 54.5 Å². The Hall–Kier alpha value is -2.18. The summed E-state index contributed by atoms with van der Waals surface area (Å²) >= 11 is 0. The molecule has 0 fully saturated rings. The molecule has 7 nitrogen and oxygen atoms in total. The van der Waals surface area contributed by atoms with Crippen molar-refractivity contribution in [2.24, 2.45) is 0 Å². The van der Waals surface area contributed by atoms with E-state index in [2.05, 4.69) is 20.0 Å². The fraction of sp³-hybridized carbons (Fsp3) is 0.455. The number of hydrogen-bond donors (Lipinski definition) is 1. The Labute approximate surface area is 105 Å². The number of anilines is 1. The molecule has 0 unspecified atom stereocenters. The van der Waals surface area contributed by atoms with Crippen LogP contribution < -0.4 is 5.32 Å². The van der Waals surface area contributed by atoms with Gasteiger partial charge in [-0.25, -0.2) is 14.8 Å². The highest BCUT2D eigenvalue weighted by Crippen LogP contribution is 2.02. The molecular formula is C11H16N4O3. The molecule has 0 aliphatic rings. The van der Waals surface area contributed by atoms with Gasteiger partial charge in [0.2, 0.25) is 5.91 Å². The van der Waals surface area contributed by atoms with Gasteiger partial charge in [0.1, 0.15) is 5.82 Å². The Kier molecular flexibility index (Phi) is 5.04. The van der Waals surface area contributed by atoms with Gasteiger partial charge in [-0.2, -0.15) is 0 Å². The minimum absolute atomic E-state index is 0.0293. The number of esters is 1. The molecule has 0 spiro atoms. The van der Waals surface area contributed by atoms with Crippen molar-refractivity contribution < 1.29 is 14.3 Å². The molecule has 0 bridgehead atoms. The van der Waals surface area contributed by atoms with E-state index in [0.717, 1.165) is 0 Å². The Balaban J connectivity index is 2.45. The third-order valence-electron chi connectivity index (χ3n) is 2.19. The van der Waals surface area contributed by atoms with Gasteiger partial charge in [0.15, 0.2) is 5.69 Å². The number of hydrogen-bond acceptors (Lipinski definition) is 6. The molecule has 1 heterocycles. The zero-order valence-corrected chi connectivity index (χ0v) is 10.6. The normalized spacial score (nSPS) is 9.72. The van der Waals surface area contributed by atoms with E-state index < -0.39 is 5.97 Å². The van der Waals surface area contributed by atoms with Crippen LogP contribution in [0.3, 0.4) is 0 Å². The van der Waals surface area contributed by atoms with Crippen molar-refractivity contribution in [1.29, 1.82) is 0 Å². The van der Waals surface area contributed by atoms with Crippen LogP contribution in [-0.2, 0) is 9.53 Å². The number of amides is 1. The van der Waals surface area contributed by atoms with Crippen molar-refractivity contribution in [3.63, 3.8) is 0 Å². The smallest absolute Gasteiger partial charge is 0.358 e. The lowest BCUT2D eigenvalue weighted by atomic mass is 10.4. The number of nitrogens with one attached hydrogen (secondary N) is 1. The maximum absolute atomic E-state index is 11.3. The highest BCUT2D eigenvalue weighted by molar-refractivity contribution is 5.86. The third-order valence-corrected chi connectivity index (χ3v) is 2.19. The number of methoxy groups -OCH3 is 1. The van der Waals surface area contributed by atoms with E-state index in [1.54, 1.807) is 14.1 Å². The summed E-state index contributed by atoms with van der Waals surface area (Å²) in [6.07, 6.45) is 3.11. The first kappa shape index (κ1) is 13.9. The summed E-state index contributed by atoms with van der Waals surface area (Å²) in [5, 5.41) is 2.94. The van der Waals surface area contributed by atoms with Gasteiger partial charge in [-0.1, -0.05) is 0 Å². The average molecular weight is 252 g/mol. The van der Waals surface area contributed by atoms with Crippen molar-refractivity contribution >= 4 is 17.7 Å². The SMILES string of the molecule is COC(=O)c1cnc(NCCC(=O)N(C)C)cn1. The van der Waals surface area contributed by atoms with E-state index >= 15 is 0 Å². The molecule has 98 valence electrons. The number of ether oxygens (including phenoxy) is 1. The maximum Gasteiger partial charge on any atom is 0.358 e. The van der Waals surface area contributed by atoms with Gasteiger partial charge in [-0.3, -0.25) is 4.79 Å². The largest absolute Gasteiger partial charge is 0.464 e. The van der Waals surface area contributed by atoms with Crippen molar-refractivity contribution in [1.82, 2.24) is 14.9 Å². The summed E-state index contributed by atoms with van der Waals surface area (Å²) in [4.78, 5) is 31.8. The number of nitrogens with zero attached hydrogens (tertiary/aromatic N) is 3. The van der Waals surface area contributed by atoms with E-state index in [0.29, 0.717) is 18.8 Å². The highest BCUT2D eigenvalue weighted by Gasteiger charge is 2.07. The van der Waals surface area contributed by atoms with Gasteiger partial charge >= 0.3 is 5.97 Å². The van der Waals surface area contributed by atoms with Crippen LogP contribution in [0.2, 0.25) is 0 Å². The summed E-state index contributed by atoms with van der Waals surface area (Å²) in [5.41, 5.74) is 0.146. The lowest BCUT2D eigenvalue weighted by molar-refractivity contribution is -0.128. The van der Waals surface area contributed by atoms with Crippen LogP contribution in [0.25, 0.3) is 0 Å². The molecule has 0 aliphatic heterocycles. The van der Waals surface area contributed by atoms with Crippen LogP contribution in [0.15, 0.2) is 12.4 Å². The van der Waals surface area contributed by atoms with Crippen molar-refractivity contribution in [2.45, 2.75) is 6.42 Å². The van der Waals surface area contributed by atoms with Gasteiger partial charge in [0, 0.05) is 27.1 Å². The second kappa shape index (κ2) is 6.53. The molecule has 1 aromatic heterocycles. The fourth-order valence-electron chi connectivity index (χ4n) is 1.15. The molecule has 1 aromatic rings. The Bertz CT molecular complexity index is 417. The van der Waals surface area contributed by atoms with E-state index in [1.807, 2.05) is 0 Å². The first-order valence-electron chi connectivity index (χ1n) is 5.39. The van der Waals surface area contributed by atoms with Crippen LogP contribution in [0.4, 0.5) is 5.82 Å². The molecule has 0 radical (unpaired) electrons. The summed E-state index contributed by atoms with van der Waals surface area (Å²) in [6, 6.07) is 0. The molecule has 1 N–H and O–H groups in total. The summed E-state index contributed by atoms with van der Waals surface area (Å²) in [7, 11) is 4.68. The second-order valence-corrected chi connectivity index (χ2v) is 3.74. The lowest BCUT2D eigenvalue weighted by Gasteiger charge is -2.10. The molecule has 7 heteroatoms. The van der Waals surface area contributed by atoms with Gasteiger partial charge in [-0.05, 0) is 0 Å². The van der Waals surface area contributed by atoms with Crippen LogP contribution in [0.1, 0.15) is 16.9 Å².